The van der Waals surface area contributed by atoms with Gasteiger partial charge in [-0.25, -0.2) is 4.79 Å². The topological polar surface area (TPSA) is 55.6 Å². The summed E-state index contributed by atoms with van der Waals surface area (Å²) in [5.41, 5.74) is 5.52. The van der Waals surface area contributed by atoms with Crippen LogP contribution in [0.1, 0.15) is 20.8 Å². The van der Waals surface area contributed by atoms with Crippen LogP contribution in [-0.4, -0.2) is 35.7 Å². The van der Waals surface area contributed by atoms with E-state index in [0.717, 1.165) is 6.54 Å². The van der Waals surface area contributed by atoms with Crippen molar-refractivity contribution in [1.29, 1.82) is 0 Å². The fourth-order valence-electron chi connectivity index (χ4n) is 2.35. The van der Waals surface area contributed by atoms with E-state index in [1.54, 1.807) is 4.90 Å². The molecule has 0 spiro atoms. The number of nitrogens with zero attached hydrogens (tertiary/aromatic N) is 1. The van der Waals surface area contributed by atoms with Crippen LogP contribution in [0.25, 0.3) is 0 Å². The van der Waals surface area contributed by atoms with Crippen molar-refractivity contribution in [3.63, 3.8) is 0 Å². The lowest BCUT2D eigenvalue weighted by Crippen LogP contribution is -2.37. The zero-order chi connectivity index (χ0) is 11.9. The molecule has 1 aliphatic carbocycles. The largest absolute Gasteiger partial charge is 0.444 e. The molecule has 0 aromatic carbocycles. The van der Waals surface area contributed by atoms with E-state index in [0.29, 0.717) is 18.4 Å². The lowest BCUT2D eigenvalue weighted by molar-refractivity contribution is 0.0284. The van der Waals surface area contributed by atoms with E-state index >= 15 is 0 Å². The molecule has 1 fully saturated rings. The van der Waals surface area contributed by atoms with Gasteiger partial charge in [-0.15, -0.1) is 0 Å². The first-order valence-electron chi connectivity index (χ1n) is 5.78. The summed E-state index contributed by atoms with van der Waals surface area (Å²) in [6.45, 7) is 7.10. The number of fused-ring (bicyclic) bond motifs is 1. The van der Waals surface area contributed by atoms with Crippen LogP contribution >= 0.6 is 0 Å². The van der Waals surface area contributed by atoms with Gasteiger partial charge in [-0.1, -0.05) is 12.2 Å². The second-order valence-electron chi connectivity index (χ2n) is 5.68. The number of likely N-dealkylation sites (tertiary alicyclic amines) is 1. The minimum atomic E-state index is -0.424. The molecule has 0 radical (unpaired) electrons. The van der Waals surface area contributed by atoms with Gasteiger partial charge in [0.25, 0.3) is 0 Å². The second-order valence-corrected chi connectivity index (χ2v) is 5.68. The van der Waals surface area contributed by atoms with Crippen LogP contribution in [-0.2, 0) is 4.74 Å². The number of hydrogen-bond acceptors (Lipinski definition) is 3. The van der Waals surface area contributed by atoms with Crippen LogP contribution in [0.5, 0.6) is 0 Å². The molecule has 2 rings (SSSR count). The molecule has 2 aliphatic rings. The van der Waals surface area contributed by atoms with Crippen molar-refractivity contribution in [2.45, 2.75) is 32.4 Å². The number of hydrogen-bond donors (Lipinski definition) is 1. The summed E-state index contributed by atoms with van der Waals surface area (Å²) in [6, 6.07) is 0.0948. The molecule has 0 saturated carbocycles. The zero-order valence-corrected chi connectivity index (χ0v) is 10.1. The summed E-state index contributed by atoms with van der Waals surface area (Å²) < 4.78 is 5.34. The Kier molecular flexibility index (Phi) is 2.70. The molecule has 1 amide bonds. The molecule has 1 aliphatic heterocycles. The normalized spacial score (nSPS) is 33.0. The predicted octanol–water partition coefficient (Wildman–Crippen LogP) is 1.37. The van der Waals surface area contributed by atoms with Crippen molar-refractivity contribution in [3.8, 4) is 0 Å². The monoisotopic (exact) mass is 224 g/mol. The molecule has 90 valence electrons. The molecular weight excluding hydrogens is 204 g/mol. The van der Waals surface area contributed by atoms with E-state index in [2.05, 4.69) is 6.08 Å². The highest BCUT2D eigenvalue weighted by Crippen LogP contribution is 2.32. The van der Waals surface area contributed by atoms with Crippen LogP contribution in [0, 0.1) is 11.8 Å². The SMILES string of the molecule is CC(C)(C)OC(=O)N1C[C@@H]2[C@@H](N)C=C[C@H]2C1. The second kappa shape index (κ2) is 3.77. The molecule has 4 heteroatoms. The summed E-state index contributed by atoms with van der Waals surface area (Å²) in [5.74, 6) is 0.801. The Labute approximate surface area is 96.4 Å². The molecule has 0 aromatic rings. The van der Waals surface area contributed by atoms with Crippen LogP contribution in [0.4, 0.5) is 4.79 Å². The predicted molar refractivity (Wildman–Crippen MR) is 61.9 cm³/mol. The van der Waals surface area contributed by atoms with Gasteiger partial charge in [0.1, 0.15) is 5.60 Å². The molecule has 3 atom stereocenters. The molecule has 4 nitrogen and oxygen atoms in total. The number of carbonyl (C=O) groups is 1. The molecular formula is C12H20N2O2. The van der Waals surface area contributed by atoms with E-state index in [9.17, 15) is 4.79 Å². The number of nitrogens with two attached hydrogens (primary N) is 1. The van der Waals surface area contributed by atoms with Crippen LogP contribution in [0.3, 0.4) is 0 Å². The van der Waals surface area contributed by atoms with Gasteiger partial charge in [0.2, 0.25) is 0 Å². The maximum atomic E-state index is 11.8. The summed E-state index contributed by atoms with van der Waals surface area (Å²) in [6.07, 6.45) is 3.95. The smallest absolute Gasteiger partial charge is 0.410 e. The molecule has 1 saturated heterocycles. The number of carbonyl (C=O) groups excluding carboxylic acids is 1. The molecule has 0 unspecified atom stereocenters. The first-order valence-corrected chi connectivity index (χ1v) is 5.78. The van der Waals surface area contributed by atoms with Gasteiger partial charge in [-0.3, -0.25) is 0 Å². The minimum Gasteiger partial charge on any atom is -0.444 e. The zero-order valence-electron chi connectivity index (χ0n) is 10.1. The molecule has 0 bridgehead atoms. The summed E-state index contributed by atoms with van der Waals surface area (Å²) >= 11 is 0. The Hall–Kier alpha value is -1.03. The van der Waals surface area contributed by atoms with E-state index in [4.69, 9.17) is 10.5 Å². The van der Waals surface area contributed by atoms with Gasteiger partial charge >= 0.3 is 6.09 Å². The molecule has 0 aromatic heterocycles. The maximum Gasteiger partial charge on any atom is 0.410 e. The number of rotatable bonds is 0. The van der Waals surface area contributed by atoms with Gasteiger partial charge in [0.15, 0.2) is 0 Å². The van der Waals surface area contributed by atoms with E-state index in [1.165, 1.54) is 0 Å². The van der Waals surface area contributed by atoms with Gasteiger partial charge in [0.05, 0.1) is 0 Å². The minimum absolute atomic E-state index is 0.0948. The standard InChI is InChI=1S/C12H20N2O2/c1-12(2,3)16-11(15)14-6-8-4-5-10(13)9(8)7-14/h4-5,8-10H,6-7,13H2,1-3H3/t8-,9-,10-/m0/s1. The van der Waals surface area contributed by atoms with E-state index in [1.807, 2.05) is 26.8 Å². The van der Waals surface area contributed by atoms with Crippen LogP contribution in [0.2, 0.25) is 0 Å². The van der Waals surface area contributed by atoms with Gasteiger partial charge < -0.3 is 15.4 Å². The lowest BCUT2D eigenvalue weighted by Gasteiger charge is -2.24. The Morgan fingerprint density at radius 1 is 1.38 bits per heavy atom. The average Bonchev–Trinajstić information content (AvgIpc) is 2.65. The summed E-state index contributed by atoms with van der Waals surface area (Å²) in [4.78, 5) is 13.6. The first kappa shape index (κ1) is 11.5. The molecule has 1 heterocycles. The first-order chi connectivity index (χ1) is 7.37. The Morgan fingerprint density at radius 2 is 2.06 bits per heavy atom. The average molecular weight is 224 g/mol. The third-order valence-electron chi connectivity index (χ3n) is 3.14. The van der Waals surface area contributed by atoms with Crippen molar-refractivity contribution in [2.24, 2.45) is 17.6 Å². The van der Waals surface area contributed by atoms with Crippen LogP contribution in [0.15, 0.2) is 12.2 Å². The third-order valence-corrected chi connectivity index (χ3v) is 3.14. The van der Waals surface area contributed by atoms with E-state index < -0.39 is 5.60 Å². The summed E-state index contributed by atoms with van der Waals surface area (Å²) in [7, 11) is 0. The fourth-order valence-corrected chi connectivity index (χ4v) is 2.35. The van der Waals surface area contributed by atoms with Gasteiger partial charge in [0, 0.05) is 31.0 Å². The van der Waals surface area contributed by atoms with Crippen molar-refractivity contribution < 1.29 is 9.53 Å². The number of ether oxygens (including phenoxy) is 1. The fraction of sp³-hybridized carbons (Fsp3) is 0.750. The molecule has 2 N–H and O–H groups in total. The Morgan fingerprint density at radius 3 is 2.62 bits per heavy atom. The number of amides is 1. The van der Waals surface area contributed by atoms with Gasteiger partial charge in [-0.2, -0.15) is 0 Å². The summed E-state index contributed by atoms with van der Waals surface area (Å²) in [5, 5.41) is 0. The van der Waals surface area contributed by atoms with Crippen LogP contribution < -0.4 is 5.73 Å². The van der Waals surface area contributed by atoms with Crippen molar-refractivity contribution >= 4 is 6.09 Å². The highest BCUT2D eigenvalue weighted by atomic mass is 16.6. The quantitative estimate of drug-likeness (QED) is 0.632. The third kappa shape index (κ3) is 2.21. The van der Waals surface area contributed by atoms with Gasteiger partial charge in [-0.05, 0) is 20.8 Å². The van der Waals surface area contributed by atoms with Crippen molar-refractivity contribution in [1.82, 2.24) is 4.90 Å². The van der Waals surface area contributed by atoms with Crippen molar-refractivity contribution in [3.05, 3.63) is 12.2 Å². The Balaban J connectivity index is 1.94. The molecule has 16 heavy (non-hydrogen) atoms. The Bertz CT molecular complexity index is 319. The van der Waals surface area contributed by atoms with Crippen molar-refractivity contribution in [2.75, 3.05) is 13.1 Å². The van der Waals surface area contributed by atoms with E-state index in [-0.39, 0.29) is 12.1 Å². The lowest BCUT2D eigenvalue weighted by atomic mass is 9.97. The highest BCUT2D eigenvalue weighted by Gasteiger charge is 2.40. The highest BCUT2D eigenvalue weighted by molar-refractivity contribution is 5.68. The maximum absolute atomic E-state index is 11.8.